The predicted molar refractivity (Wildman–Crippen MR) is 96.4 cm³/mol. The minimum Gasteiger partial charge on any atom is -0.366 e. The van der Waals surface area contributed by atoms with Crippen molar-refractivity contribution in [3.05, 3.63) is 75.9 Å². The number of benzene rings is 2. The van der Waals surface area contributed by atoms with Crippen molar-refractivity contribution in [2.75, 3.05) is 0 Å². The average Bonchev–Trinajstić information content (AvgIpc) is 3.03. The van der Waals surface area contributed by atoms with Crippen molar-refractivity contribution in [2.45, 2.75) is 12.8 Å². The van der Waals surface area contributed by atoms with Gasteiger partial charge in [-0.3, -0.25) is 4.79 Å². The number of nitrogens with two attached hydrogens (primary N) is 1. The number of aromatic nitrogens is 2. The summed E-state index contributed by atoms with van der Waals surface area (Å²) in [5.74, 6) is 0.256. The van der Waals surface area contributed by atoms with E-state index in [-0.39, 0.29) is 0 Å². The van der Waals surface area contributed by atoms with Gasteiger partial charge >= 0.3 is 0 Å². The molecule has 1 radical (unpaired) electrons. The lowest BCUT2D eigenvalue weighted by atomic mass is 10.0. The molecule has 0 aliphatic heterocycles. The number of rotatable bonds is 6. The van der Waals surface area contributed by atoms with Crippen LogP contribution in [0, 0.1) is 6.42 Å². The van der Waals surface area contributed by atoms with E-state index in [9.17, 15) is 4.79 Å². The number of hydrogen-bond donors (Lipinski definition) is 1. The molecule has 0 atom stereocenters. The predicted octanol–water partition coefficient (Wildman–Crippen LogP) is 4.33. The van der Waals surface area contributed by atoms with Gasteiger partial charge in [0.1, 0.15) is 0 Å². The lowest BCUT2D eigenvalue weighted by Crippen LogP contribution is -2.13. The van der Waals surface area contributed by atoms with Crippen LogP contribution >= 0.6 is 23.2 Å². The minimum absolute atomic E-state index is 0.333. The highest BCUT2D eigenvalue weighted by Gasteiger charge is 2.15. The molecule has 0 saturated carbocycles. The molecule has 1 amide bonds. The fourth-order valence-corrected chi connectivity index (χ4v) is 3.03. The van der Waals surface area contributed by atoms with E-state index in [1.165, 1.54) is 0 Å². The average molecular weight is 375 g/mol. The molecule has 25 heavy (non-hydrogen) atoms. The Bertz CT molecular complexity index is 889. The molecule has 0 fully saturated rings. The highest BCUT2D eigenvalue weighted by Crippen LogP contribution is 2.32. The molecule has 1 heterocycles. The summed E-state index contributed by atoms with van der Waals surface area (Å²) in [6.07, 6.45) is 3.03. The summed E-state index contributed by atoms with van der Waals surface area (Å²) in [5.41, 5.74) is 7.31. The normalized spacial score (nSPS) is 10.8. The van der Waals surface area contributed by atoms with Crippen LogP contribution < -0.4 is 5.73 Å². The third-order valence-electron chi connectivity index (χ3n) is 3.64. The summed E-state index contributed by atoms with van der Waals surface area (Å²) in [7, 11) is 0. The van der Waals surface area contributed by atoms with Gasteiger partial charge in [0.15, 0.2) is 0 Å². The van der Waals surface area contributed by atoms with Gasteiger partial charge in [-0.1, -0.05) is 52.6 Å². The number of hydrogen-bond acceptors (Lipinski definition) is 4. The Kier molecular flexibility index (Phi) is 5.36. The first-order chi connectivity index (χ1) is 12.1. The zero-order valence-corrected chi connectivity index (χ0v) is 14.6. The highest BCUT2D eigenvalue weighted by atomic mass is 35.5. The molecule has 127 valence electrons. The van der Waals surface area contributed by atoms with Crippen LogP contribution in [0.5, 0.6) is 0 Å². The molecule has 3 aromatic rings. The molecule has 0 aliphatic rings. The molecule has 5 nitrogen and oxygen atoms in total. The second-order valence-corrected chi connectivity index (χ2v) is 6.13. The number of aryl methyl sites for hydroxylation is 1. The van der Waals surface area contributed by atoms with Crippen LogP contribution in [0.2, 0.25) is 10.0 Å². The first kappa shape index (κ1) is 17.5. The molecule has 2 aromatic carbocycles. The first-order valence-corrected chi connectivity index (χ1v) is 8.31. The van der Waals surface area contributed by atoms with Crippen molar-refractivity contribution in [2.24, 2.45) is 5.73 Å². The van der Waals surface area contributed by atoms with Crippen LogP contribution in [-0.4, -0.2) is 16.0 Å². The molecular weight excluding hydrogens is 361 g/mol. The SMILES string of the molecule is NC(=O)c1ccccc1CC[CH]c1nc(-c2c(Cl)cccc2Cl)no1. The lowest BCUT2D eigenvalue weighted by molar-refractivity contribution is 0.0999. The minimum atomic E-state index is -0.441. The number of carbonyl (C=O) groups is 1. The van der Waals surface area contributed by atoms with Crippen molar-refractivity contribution in [1.29, 1.82) is 0 Å². The number of amides is 1. The van der Waals surface area contributed by atoms with Crippen LogP contribution in [0.1, 0.15) is 28.2 Å². The van der Waals surface area contributed by atoms with Gasteiger partial charge in [0.2, 0.25) is 17.6 Å². The first-order valence-electron chi connectivity index (χ1n) is 7.55. The Hall–Kier alpha value is -2.37. The molecule has 3 rings (SSSR count). The van der Waals surface area contributed by atoms with Crippen molar-refractivity contribution in [3.63, 3.8) is 0 Å². The summed E-state index contributed by atoms with van der Waals surface area (Å²) < 4.78 is 5.22. The Morgan fingerprint density at radius 2 is 1.84 bits per heavy atom. The quantitative estimate of drug-likeness (QED) is 0.695. The maximum atomic E-state index is 11.4. The second-order valence-electron chi connectivity index (χ2n) is 5.32. The van der Waals surface area contributed by atoms with Crippen molar-refractivity contribution in [1.82, 2.24) is 10.1 Å². The maximum absolute atomic E-state index is 11.4. The molecule has 0 aliphatic carbocycles. The van der Waals surface area contributed by atoms with Gasteiger partial charge in [0.05, 0.1) is 22.0 Å². The smallest absolute Gasteiger partial charge is 0.248 e. The number of carbonyl (C=O) groups excluding carboxylic acids is 1. The van der Waals surface area contributed by atoms with Gasteiger partial charge < -0.3 is 10.3 Å². The van der Waals surface area contributed by atoms with E-state index in [1.807, 2.05) is 12.1 Å². The molecule has 0 bridgehead atoms. The second kappa shape index (κ2) is 7.68. The molecular formula is C18H14Cl2N3O2. The van der Waals surface area contributed by atoms with Crippen LogP contribution in [-0.2, 0) is 6.42 Å². The molecule has 2 N–H and O–H groups in total. The summed E-state index contributed by atoms with van der Waals surface area (Å²) >= 11 is 12.3. The van der Waals surface area contributed by atoms with Gasteiger partial charge in [-0.15, -0.1) is 0 Å². The molecule has 0 unspecified atom stereocenters. The van der Waals surface area contributed by atoms with Crippen molar-refractivity contribution < 1.29 is 9.32 Å². The molecule has 7 heteroatoms. The Morgan fingerprint density at radius 1 is 1.12 bits per heavy atom. The zero-order valence-electron chi connectivity index (χ0n) is 13.1. The monoisotopic (exact) mass is 374 g/mol. The van der Waals surface area contributed by atoms with Crippen LogP contribution in [0.25, 0.3) is 11.4 Å². The number of nitrogens with zero attached hydrogens (tertiary/aromatic N) is 2. The van der Waals surface area contributed by atoms with Crippen molar-refractivity contribution >= 4 is 29.1 Å². The van der Waals surface area contributed by atoms with E-state index in [1.54, 1.807) is 36.8 Å². The van der Waals surface area contributed by atoms with Crippen LogP contribution in [0.3, 0.4) is 0 Å². The fraction of sp³-hybridized carbons (Fsp3) is 0.111. The summed E-state index contributed by atoms with van der Waals surface area (Å²) in [6, 6.07) is 12.4. The Morgan fingerprint density at radius 3 is 2.56 bits per heavy atom. The van der Waals surface area contributed by atoms with E-state index in [0.29, 0.717) is 45.7 Å². The maximum Gasteiger partial charge on any atom is 0.248 e. The van der Waals surface area contributed by atoms with Gasteiger partial charge in [-0.25, -0.2) is 0 Å². The Balaban J connectivity index is 1.68. The summed E-state index contributed by atoms with van der Waals surface area (Å²) in [5, 5.41) is 4.83. The van der Waals surface area contributed by atoms with Gasteiger partial charge in [0, 0.05) is 5.56 Å². The van der Waals surface area contributed by atoms with Crippen LogP contribution in [0.15, 0.2) is 47.0 Å². The van der Waals surface area contributed by atoms with Gasteiger partial charge in [-0.2, -0.15) is 4.98 Å². The van der Waals surface area contributed by atoms with Crippen molar-refractivity contribution in [3.8, 4) is 11.4 Å². The lowest BCUT2D eigenvalue weighted by Gasteiger charge is -2.04. The molecule has 0 saturated heterocycles. The zero-order chi connectivity index (χ0) is 17.8. The Labute approximate surface area is 154 Å². The standard InChI is InChI=1S/C18H14Cl2N3O2/c19-13-8-4-9-14(20)16(13)18-22-15(25-23-18)10-3-6-11-5-1-2-7-12(11)17(21)24/h1-2,4-5,7-10H,3,6H2,(H2,21,24). The fourth-order valence-electron chi connectivity index (χ4n) is 2.46. The van der Waals surface area contributed by atoms with Crippen LogP contribution in [0.4, 0.5) is 0 Å². The van der Waals surface area contributed by atoms with E-state index in [4.69, 9.17) is 33.5 Å². The third-order valence-corrected chi connectivity index (χ3v) is 4.27. The third kappa shape index (κ3) is 4.00. The summed E-state index contributed by atoms with van der Waals surface area (Å²) in [6.45, 7) is 0. The van der Waals surface area contributed by atoms with Gasteiger partial charge in [0.25, 0.3) is 0 Å². The highest BCUT2D eigenvalue weighted by molar-refractivity contribution is 6.38. The van der Waals surface area contributed by atoms with E-state index < -0.39 is 5.91 Å². The summed E-state index contributed by atoms with van der Waals surface area (Å²) in [4.78, 5) is 15.7. The van der Waals surface area contributed by atoms with E-state index in [0.717, 1.165) is 5.56 Å². The van der Waals surface area contributed by atoms with E-state index >= 15 is 0 Å². The molecule has 0 spiro atoms. The molecule has 1 aromatic heterocycles. The largest absolute Gasteiger partial charge is 0.366 e. The number of halogens is 2. The van der Waals surface area contributed by atoms with Gasteiger partial charge in [-0.05, 0) is 36.6 Å². The van der Waals surface area contributed by atoms with E-state index in [2.05, 4.69) is 10.1 Å². The topological polar surface area (TPSA) is 82.0 Å². The number of primary amides is 1.